The fraction of sp³-hybridized carbons (Fsp3) is 0.520. The van der Waals surface area contributed by atoms with E-state index in [4.69, 9.17) is 16.6 Å². The molecular formula is C25H32ClN3O. The lowest BCUT2D eigenvalue weighted by Gasteiger charge is -2.34. The number of hydrogen-bond acceptors (Lipinski definition) is 3. The van der Waals surface area contributed by atoms with Crippen LogP contribution in [0.15, 0.2) is 36.4 Å². The van der Waals surface area contributed by atoms with Crippen LogP contribution in [0.25, 0.3) is 0 Å². The van der Waals surface area contributed by atoms with Gasteiger partial charge in [0.2, 0.25) is 0 Å². The lowest BCUT2D eigenvalue weighted by atomic mass is 9.89. The van der Waals surface area contributed by atoms with Crippen molar-refractivity contribution in [1.29, 1.82) is 0 Å². The fourth-order valence-corrected chi connectivity index (χ4v) is 4.88. The normalized spacial score (nSPS) is 19.2. The highest BCUT2D eigenvalue weighted by Crippen LogP contribution is 2.32. The van der Waals surface area contributed by atoms with Gasteiger partial charge in [0, 0.05) is 36.3 Å². The molecule has 160 valence electrons. The van der Waals surface area contributed by atoms with Gasteiger partial charge in [0.25, 0.3) is 5.91 Å². The number of carbonyl (C=O) groups excluding carboxylic acids is 1. The number of aryl methyl sites for hydroxylation is 1. The first-order chi connectivity index (χ1) is 14.5. The van der Waals surface area contributed by atoms with Gasteiger partial charge in [-0.1, -0.05) is 36.7 Å². The van der Waals surface area contributed by atoms with E-state index in [9.17, 15) is 4.79 Å². The van der Waals surface area contributed by atoms with Crippen molar-refractivity contribution >= 4 is 17.5 Å². The predicted molar refractivity (Wildman–Crippen MR) is 122 cm³/mol. The number of nitrogens with zero attached hydrogens (tertiary/aromatic N) is 3. The number of amides is 1. The molecule has 0 bridgehead atoms. The number of pyridine rings is 1. The molecule has 0 saturated carbocycles. The highest BCUT2D eigenvalue weighted by Gasteiger charge is 2.29. The quantitative estimate of drug-likeness (QED) is 0.667. The van der Waals surface area contributed by atoms with Crippen molar-refractivity contribution in [2.75, 3.05) is 26.2 Å². The van der Waals surface area contributed by atoms with Gasteiger partial charge in [-0.15, -0.1) is 0 Å². The van der Waals surface area contributed by atoms with Gasteiger partial charge in [-0.25, -0.2) is 0 Å². The Morgan fingerprint density at radius 2 is 1.73 bits per heavy atom. The summed E-state index contributed by atoms with van der Waals surface area (Å²) >= 11 is 6.35. The Hall–Kier alpha value is -1.91. The zero-order valence-electron chi connectivity index (χ0n) is 18.1. The van der Waals surface area contributed by atoms with E-state index in [-0.39, 0.29) is 5.91 Å². The summed E-state index contributed by atoms with van der Waals surface area (Å²) in [5.74, 6) is 1.23. The molecule has 5 heteroatoms. The molecule has 0 N–H and O–H groups in total. The Kier molecular flexibility index (Phi) is 6.74. The van der Waals surface area contributed by atoms with Crippen LogP contribution in [0.4, 0.5) is 0 Å². The van der Waals surface area contributed by atoms with Crippen LogP contribution in [0.1, 0.15) is 65.8 Å². The number of carbonyl (C=O) groups is 1. The smallest absolute Gasteiger partial charge is 0.255 e. The van der Waals surface area contributed by atoms with E-state index in [1.807, 2.05) is 42.2 Å². The molecule has 3 heterocycles. The second kappa shape index (κ2) is 9.49. The monoisotopic (exact) mass is 425 g/mol. The predicted octanol–water partition coefficient (Wildman–Crippen LogP) is 5.30. The molecule has 0 aliphatic carbocycles. The van der Waals surface area contributed by atoms with E-state index in [1.54, 1.807) is 0 Å². The van der Waals surface area contributed by atoms with Crippen LogP contribution < -0.4 is 0 Å². The van der Waals surface area contributed by atoms with Gasteiger partial charge < -0.3 is 4.90 Å². The van der Waals surface area contributed by atoms with Crippen molar-refractivity contribution in [1.82, 2.24) is 14.8 Å². The highest BCUT2D eigenvalue weighted by atomic mass is 35.5. The number of hydrogen-bond donors (Lipinski definition) is 0. The van der Waals surface area contributed by atoms with Gasteiger partial charge in [-0.2, -0.15) is 0 Å². The topological polar surface area (TPSA) is 36.4 Å². The van der Waals surface area contributed by atoms with Gasteiger partial charge in [0.15, 0.2) is 0 Å². The number of piperidine rings is 2. The number of rotatable bonds is 4. The number of likely N-dealkylation sites (tertiary alicyclic amines) is 2. The van der Waals surface area contributed by atoms with E-state index in [1.165, 1.54) is 5.56 Å². The second-order valence-electron chi connectivity index (χ2n) is 9.00. The molecule has 1 aromatic carbocycles. The Bertz CT molecular complexity index is 884. The molecule has 2 aliphatic rings. The van der Waals surface area contributed by atoms with E-state index < -0.39 is 0 Å². The van der Waals surface area contributed by atoms with E-state index in [0.29, 0.717) is 11.8 Å². The first-order valence-corrected chi connectivity index (χ1v) is 11.6. The van der Waals surface area contributed by atoms with Crippen molar-refractivity contribution in [2.24, 2.45) is 5.92 Å². The molecule has 0 atom stereocenters. The lowest BCUT2D eigenvalue weighted by molar-refractivity contribution is 0.0694. The number of aromatic nitrogens is 1. The van der Waals surface area contributed by atoms with Crippen LogP contribution in [0.5, 0.6) is 0 Å². The minimum atomic E-state index is 0.169. The van der Waals surface area contributed by atoms with Crippen LogP contribution in [-0.4, -0.2) is 46.9 Å². The zero-order valence-corrected chi connectivity index (χ0v) is 18.9. The third-order valence-electron chi connectivity index (χ3n) is 6.69. The zero-order chi connectivity index (χ0) is 21.1. The maximum atomic E-state index is 13.3. The van der Waals surface area contributed by atoms with E-state index in [2.05, 4.69) is 17.9 Å². The summed E-state index contributed by atoms with van der Waals surface area (Å²) < 4.78 is 0. The highest BCUT2D eigenvalue weighted by molar-refractivity contribution is 6.31. The minimum absolute atomic E-state index is 0.169. The van der Waals surface area contributed by atoms with Crippen molar-refractivity contribution < 1.29 is 4.79 Å². The average molecular weight is 426 g/mol. The molecule has 4 rings (SSSR count). The first-order valence-electron chi connectivity index (χ1n) is 11.2. The molecule has 0 unspecified atom stereocenters. The number of halogens is 1. The summed E-state index contributed by atoms with van der Waals surface area (Å²) in [7, 11) is 0. The average Bonchev–Trinajstić information content (AvgIpc) is 2.76. The van der Waals surface area contributed by atoms with Crippen molar-refractivity contribution in [3.63, 3.8) is 0 Å². The standard InChI is InChI=1S/C25H32ClN3O/c1-18-9-15-29(16-10-18)25(30)22-8-7-19(2)27-24(22)20-11-13-28(14-12-20)17-21-5-3-4-6-23(21)26/h3-8,18,20H,9-17H2,1-2H3. The molecule has 0 spiro atoms. The summed E-state index contributed by atoms with van der Waals surface area (Å²) in [6.45, 7) is 8.91. The van der Waals surface area contributed by atoms with Crippen LogP contribution in [0, 0.1) is 12.8 Å². The maximum absolute atomic E-state index is 13.3. The summed E-state index contributed by atoms with van der Waals surface area (Å²) in [6, 6.07) is 12.1. The molecule has 0 radical (unpaired) electrons. The summed E-state index contributed by atoms with van der Waals surface area (Å²) in [6.07, 6.45) is 4.25. The van der Waals surface area contributed by atoms with Crippen LogP contribution in [-0.2, 0) is 6.54 Å². The molecule has 2 aromatic rings. The molecular weight excluding hydrogens is 394 g/mol. The molecule has 2 aliphatic heterocycles. The van der Waals surface area contributed by atoms with E-state index in [0.717, 1.165) is 80.4 Å². The fourth-order valence-electron chi connectivity index (χ4n) is 4.68. The third kappa shape index (κ3) is 4.87. The van der Waals surface area contributed by atoms with E-state index >= 15 is 0 Å². The molecule has 1 aromatic heterocycles. The maximum Gasteiger partial charge on any atom is 0.255 e. The molecule has 2 fully saturated rings. The van der Waals surface area contributed by atoms with Crippen molar-refractivity contribution in [3.8, 4) is 0 Å². The van der Waals surface area contributed by atoms with Gasteiger partial charge in [-0.05, 0) is 75.4 Å². The summed E-state index contributed by atoms with van der Waals surface area (Å²) in [4.78, 5) is 22.6. The van der Waals surface area contributed by atoms with Gasteiger partial charge in [0.05, 0.1) is 11.3 Å². The van der Waals surface area contributed by atoms with Crippen molar-refractivity contribution in [3.05, 3.63) is 63.9 Å². The third-order valence-corrected chi connectivity index (χ3v) is 7.06. The molecule has 2 saturated heterocycles. The summed E-state index contributed by atoms with van der Waals surface area (Å²) in [5, 5.41) is 0.837. The molecule has 1 amide bonds. The Balaban J connectivity index is 1.45. The molecule has 30 heavy (non-hydrogen) atoms. The number of benzene rings is 1. The Morgan fingerprint density at radius 3 is 2.43 bits per heavy atom. The lowest BCUT2D eigenvalue weighted by Crippen LogP contribution is -2.39. The Morgan fingerprint density at radius 1 is 1.03 bits per heavy atom. The van der Waals surface area contributed by atoms with Gasteiger partial charge >= 0.3 is 0 Å². The Labute approximate surface area is 185 Å². The van der Waals surface area contributed by atoms with Gasteiger partial charge in [0.1, 0.15) is 0 Å². The van der Waals surface area contributed by atoms with Crippen molar-refractivity contribution in [2.45, 2.75) is 52.0 Å². The van der Waals surface area contributed by atoms with Gasteiger partial charge in [-0.3, -0.25) is 14.7 Å². The minimum Gasteiger partial charge on any atom is -0.339 e. The van der Waals surface area contributed by atoms with Crippen LogP contribution in [0.2, 0.25) is 5.02 Å². The molecule has 4 nitrogen and oxygen atoms in total. The van der Waals surface area contributed by atoms with Crippen LogP contribution >= 0.6 is 11.6 Å². The largest absolute Gasteiger partial charge is 0.339 e. The summed E-state index contributed by atoms with van der Waals surface area (Å²) in [5.41, 5.74) is 4.00. The second-order valence-corrected chi connectivity index (χ2v) is 9.41. The first kappa shape index (κ1) is 21.3. The SMILES string of the molecule is Cc1ccc(C(=O)N2CCC(C)CC2)c(C2CCN(Cc3ccccc3Cl)CC2)n1. The van der Waals surface area contributed by atoms with Crippen LogP contribution in [0.3, 0.4) is 0 Å².